The van der Waals surface area contributed by atoms with Gasteiger partial charge in [0.25, 0.3) is 0 Å². The van der Waals surface area contributed by atoms with Crippen LogP contribution in [0.3, 0.4) is 0 Å². The van der Waals surface area contributed by atoms with Gasteiger partial charge in [-0.2, -0.15) is 0 Å². The Morgan fingerprint density at radius 3 is 2.48 bits per heavy atom. The quantitative estimate of drug-likeness (QED) is 0.517. The van der Waals surface area contributed by atoms with Crippen LogP contribution in [0.4, 0.5) is 10.1 Å². The molecule has 2 amide bonds. The molecule has 9 heteroatoms. The summed E-state index contributed by atoms with van der Waals surface area (Å²) < 4.78 is 15.1. The number of carbonyl (C=O) groups is 2. The number of benzene rings is 2. The number of primary amides is 1. The normalized spacial score (nSPS) is 13.2. The van der Waals surface area contributed by atoms with Crippen LogP contribution in [0.2, 0.25) is 0 Å². The van der Waals surface area contributed by atoms with E-state index in [9.17, 15) is 14.0 Å². The highest BCUT2D eigenvalue weighted by atomic mass is 32.2. The zero-order valence-corrected chi connectivity index (χ0v) is 17.6. The average molecular weight is 440 g/mol. The first-order valence-corrected chi connectivity index (χ1v) is 11.0. The number of para-hydroxylation sites is 1. The van der Waals surface area contributed by atoms with Gasteiger partial charge in [-0.3, -0.25) is 9.59 Å². The molecule has 1 saturated carbocycles. The lowest BCUT2D eigenvalue weighted by Gasteiger charge is -2.22. The molecule has 0 bridgehead atoms. The van der Waals surface area contributed by atoms with Gasteiger partial charge in [-0.25, -0.2) is 14.1 Å². The molecule has 1 aliphatic rings. The number of thioether (sulfide) groups is 1. The fraction of sp³-hybridized carbons (Fsp3) is 0.273. The Morgan fingerprint density at radius 2 is 1.84 bits per heavy atom. The first-order chi connectivity index (χ1) is 15.0. The molecule has 0 unspecified atom stereocenters. The molecule has 2 aromatic carbocycles. The van der Waals surface area contributed by atoms with Crippen molar-refractivity contribution in [3.8, 4) is 5.69 Å². The fourth-order valence-electron chi connectivity index (χ4n) is 3.18. The second-order valence-corrected chi connectivity index (χ2v) is 8.24. The summed E-state index contributed by atoms with van der Waals surface area (Å²) in [5.74, 6) is 0.240. The molecule has 1 heterocycles. The van der Waals surface area contributed by atoms with Crippen molar-refractivity contribution in [2.24, 2.45) is 5.73 Å². The average Bonchev–Trinajstić information content (AvgIpc) is 3.53. The number of amides is 2. The number of anilines is 1. The highest BCUT2D eigenvalue weighted by molar-refractivity contribution is 7.99. The number of halogens is 1. The smallest absolute Gasteiger partial charge is 0.237 e. The van der Waals surface area contributed by atoms with Gasteiger partial charge in [0.05, 0.1) is 11.4 Å². The summed E-state index contributed by atoms with van der Waals surface area (Å²) >= 11 is 1.24. The summed E-state index contributed by atoms with van der Waals surface area (Å²) in [6.45, 7) is 0.125. The van der Waals surface area contributed by atoms with Gasteiger partial charge in [0.15, 0.2) is 0 Å². The Bertz CT molecular complexity index is 1070. The van der Waals surface area contributed by atoms with Crippen LogP contribution in [0, 0.1) is 5.82 Å². The van der Waals surface area contributed by atoms with Gasteiger partial charge in [-0.15, -0.1) is 5.10 Å². The minimum absolute atomic E-state index is 0.0144. The van der Waals surface area contributed by atoms with E-state index in [2.05, 4.69) is 10.1 Å². The molecule has 1 aromatic heterocycles. The van der Waals surface area contributed by atoms with E-state index < -0.39 is 11.7 Å². The molecule has 160 valence electrons. The van der Waals surface area contributed by atoms with E-state index >= 15 is 0 Å². The number of nitrogens with zero attached hydrogens (tertiary/aromatic N) is 4. The minimum atomic E-state index is -0.509. The van der Waals surface area contributed by atoms with Crippen molar-refractivity contribution >= 4 is 29.3 Å². The predicted molar refractivity (Wildman–Crippen MR) is 117 cm³/mol. The third kappa shape index (κ3) is 5.29. The molecular formula is C22H22FN5O2S. The van der Waals surface area contributed by atoms with E-state index in [0.717, 1.165) is 24.4 Å². The van der Waals surface area contributed by atoms with Crippen LogP contribution in [-0.2, 0) is 9.59 Å². The zero-order valence-electron chi connectivity index (χ0n) is 16.8. The summed E-state index contributed by atoms with van der Waals surface area (Å²) in [4.78, 5) is 30.2. The number of carbonyl (C=O) groups excluding carboxylic acids is 2. The number of aromatic nitrogens is 3. The lowest BCUT2D eigenvalue weighted by atomic mass is 10.2. The third-order valence-electron chi connectivity index (χ3n) is 4.90. The zero-order chi connectivity index (χ0) is 21.8. The number of rotatable bonds is 9. The Kier molecular flexibility index (Phi) is 6.31. The van der Waals surface area contributed by atoms with Crippen molar-refractivity contribution in [1.29, 1.82) is 0 Å². The van der Waals surface area contributed by atoms with Crippen LogP contribution in [0.15, 0.2) is 59.8 Å². The predicted octanol–water partition coefficient (Wildman–Crippen LogP) is 3.28. The molecule has 7 nitrogen and oxygen atoms in total. The molecule has 31 heavy (non-hydrogen) atoms. The van der Waals surface area contributed by atoms with Crippen molar-refractivity contribution in [2.45, 2.75) is 30.3 Å². The fourth-order valence-corrected chi connectivity index (χ4v) is 3.88. The molecule has 0 saturated heterocycles. The van der Waals surface area contributed by atoms with Crippen molar-refractivity contribution in [3.05, 3.63) is 66.2 Å². The number of hydrogen-bond acceptors (Lipinski definition) is 5. The molecule has 0 radical (unpaired) electrons. The minimum Gasteiger partial charge on any atom is -0.370 e. The summed E-state index contributed by atoms with van der Waals surface area (Å²) in [5, 5.41) is 5.13. The van der Waals surface area contributed by atoms with Gasteiger partial charge in [0.1, 0.15) is 11.6 Å². The van der Waals surface area contributed by atoms with E-state index in [0.29, 0.717) is 16.8 Å². The monoisotopic (exact) mass is 439 g/mol. The standard InChI is InChI=1S/C22H22FN5O2S/c23-16-8-10-17(11-9-16)27(13-12-19(24)29)20(30)14-31-22-25-21(15-6-7-15)28(26-22)18-4-2-1-3-5-18/h1-5,8-11,15H,6-7,12-14H2,(H2,24,29). The number of nitrogens with two attached hydrogens (primary N) is 1. The molecule has 2 N–H and O–H groups in total. The van der Waals surface area contributed by atoms with Crippen molar-refractivity contribution < 1.29 is 14.0 Å². The van der Waals surface area contributed by atoms with Gasteiger partial charge in [0.2, 0.25) is 17.0 Å². The van der Waals surface area contributed by atoms with E-state index in [4.69, 9.17) is 5.73 Å². The first kappa shape index (κ1) is 21.0. The van der Waals surface area contributed by atoms with E-state index in [-0.39, 0.29) is 24.6 Å². The summed E-state index contributed by atoms with van der Waals surface area (Å²) in [6, 6.07) is 15.4. The number of hydrogen-bond donors (Lipinski definition) is 1. The third-order valence-corrected chi connectivity index (χ3v) is 5.72. The van der Waals surface area contributed by atoms with Gasteiger partial charge < -0.3 is 10.6 Å². The van der Waals surface area contributed by atoms with Crippen LogP contribution in [0.5, 0.6) is 0 Å². The first-order valence-electron chi connectivity index (χ1n) is 10.0. The molecule has 1 fully saturated rings. The molecule has 0 atom stereocenters. The second kappa shape index (κ2) is 9.30. The summed E-state index contributed by atoms with van der Waals surface area (Å²) in [5.41, 5.74) is 6.70. The Labute approximate surface area is 183 Å². The highest BCUT2D eigenvalue weighted by Gasteiger charge is 2.30. The van der Waals surface area contributed by atoms with Crippen molar-refractivity contribution in [1.82, 2.24) is 14.8 Å². The van der Waals surface area contributed by atoms with E-state index in [1.807, 2.05) is 35.0 Å². The van der Waals surface area contributed by atoms with E-state index in [1.54, 1.807) is 0 Å². The van der Waals surface area contributed by atoms with Crippen LogP contribution in [-0.4, -0.2) is 38.9 Å². The SMILES string of the molecule is NC(=O)CCN(C(=O)CSc1nc(C2CC2)n(-c2ccccc2)n1)c1ccc(F)cc1. The molecule has 4 rings (SSSR count). The molecule has 3 aromatic rings. The van der Waals surface area contributed by atoms with Crippen LogP contribution in [0.25, 0.3) is 5.69 Å². The lowest BCUT2D eigenvalue weighted by Crippen LogP contribution is -2.35. The van der Waals surface area contributed by atoms with Gasteiger partial charge in [-0.1, -0.05) is 30.0 Å². The van der Waals surface area contributed by atoms with Crippen LogP contribution in [0.1, 0.15) is 31.0 Å². The van der Waals surface area contributed by atoms with Gasteiger partial charge in [0, 0.05) is 24.6 Å². The molecule has 0 aliphatic heterocycles. The van der Waals surface area contributed by atoms with Crippen molar-refractivity contribution in [3.63, 3.8) is 0 Å². The largest absolute Gasteiger partial charge is 0.370 e. The van der Waals surface area contributed by atoms with Gasteiger partial charge in [-0.05, 0) is 49.2 Å². The maximum atomic E-state index is 13.3. The molecule has 0 spiro atoms. The van der Waals surface area contributed by atoms with Crippen LogP contribution >= 0.6 is 11.8 Å². The second-order valence-electron chi connectivity index (χ2n) is 7.30. The Morgan fingerprint density at radius 1 is 1.13 bits per heavy atom. The van der Waals surface area contributed by atoms with E-state index in [1.165, 1.54) is 40.9 Å². The van der Waals surface area contributed by atoms with Crippen LogP contribution < -0.4 is 10.6 Å². The topological polar surface area (TPSA) is 94.1 Å². The molecule has 1 aliphatic carbocycles. The summed E-state index contributed by atoms with van der Waals surface area (Å²) in [6.07, 6.45) is 2.18. The Balaban J connectivity index is 1.49. The van der Waals surface area contributed by atoms with Gasteiger partial charge >= 0.3 is 0 Å². The lowest BCUT2D eigenvalue weighted by molar-refractivity contribution is -0.118. The maximum absolute atomic E-state index is 13.3. The maximum Gasteiger partial charge on any atom is 0.237 e. The summed E-state index contributed by atoms with van der Waals surface area (Å²) in [7, 11) is 0. The van der Waals surface area contributed by atoms with Crippen molar-refractivity contribution in [2.75, 3.05) is 17.2 Å². The Hall–Kier alpha value is -3.20. The molecular weight excluding hydrogens is 417 g/mol. The highest BCUT2D eigenvalue weighted by Crippen LogP contribution is 2.40.